The molecule has 5 atom stereocenters. The molecule has 3 saturated carbocycles. The third-order valence-electron chi connectivity index (χ3n) is 6.35. The van der Waals surface area contributed by atoms with Crippen molar-refractivity contribution in [2.75, 3.05) is 0 Å². The van der Waals surface area contributed by atoms with E-state index < -0.39 is 0 Å². The van der Waals surface area contributed by atoms with Crippen molar-refractivity contribution in [2.45, 2.75) is 70.0 Å². The molecule has 0 radical (unpaired) electrons. The molecule has 3 aliphatic rings. The summed E-state index contributed by atoms with van der Waals surface area (Å²) in [4.78, 5) is 10.8. The molecule has 134 valence electrons. The fourth-order valence-electron chi connectivity index (χ4n) is 5.06. The summed E-state index contributed by atoms with van der Waals surface area (Å²) in [6, 6.07) is 0. The van der Waals surface area contributed by atoms with Crippen molar-refractivity contribution in [2.24, 2.45) is 29.4 Å². The standard InChI is InChI=1S/C20H31NO3/c21-20(24)7-3-4-13-10-15-12-19(23)16(17(15)11-13)8-9-18(22)14-5-1-2-6-14/h4,8-9,14-19,22-23H,1-3,5-7,10-12H2,(H2,21,24)/t15-,16+,17-,18+,19+/m0/s1. The fourth-order valence-corrected chi connectivity index (χ4v) is 5.06. The van der Waals surface area contributed by atoms with Crippen LogP contribution in [0, 0.1) is 23.7 Å². The Morgan fingerprint density at radius 2 is 2.04 bits per heavy atom. The Morgan fingerprint density at radius 1 is 1.29 bits per heavy atom. The summed E-state index contributed by atoms with van der Waals surface area (Å²) in [7, 11) is 0. The number of carbonyl (C=O) groups is 1. The molecule has 0 unspecified atom stereocenters. The average molecular weight is 333 g/mol. The van der Waals surface area contributed by atoms with E-state index >= 15 is 0 Å². The van der Waals surface area contributed by atoms with Crippen molar-refractivity contribution in [1.29, 1.82) is 0 Å². The number of carbonyl (C=O) groups excluding carboxylic acids is 1. The van der Waals surface area contributed by atoms with E-state index in [0.29, 0.717) is 24.2 Å². The summed E-state index contributed by atoms with van der Waals surface area (Å²) in [6.45, 7) is 0. The molecule has 4 heteroatoms. The molecule has 0 heterocycles. The number of hydrogen-bond acceptors (Lipinski definition) is 3. The average Bonchev–Trinajstić information content (AvgIpc) is 3.21. The fraction of sp³-hybridized carbons (Fsp3) is 0.750. The number of rotatable bonds is 6. The molecule has 0 aliphatic heterocycles. The first-order chi connectivity index (χ1) is 11.5. The van der Waals surface area contributed by atoms with Gasteiger partial charge in [-0.3, -0.25) is 4.79 Å². The third-order valence-corrected chi connectivity index (χ3v) is 6.35. The molecule has 4 N–H and O–H groups in total. The Bertz CT molecular complexity index is 507. The van der Waals surface area contributed by atoms with E-state index in [2.05, 4.69) is 12.2 Å². The van der Waals surface area contributed by atoms with Gasteiger partial charge in [-0.2, -0.15) is 0 Å². The summed E-state index contributed by atoms with van der Waals surface area (Å²) in [5.74, 6) is 1.34. The van der Waals surface area contributed by atoms with Gasteiger partial charge in [0.05, 0.1) is 12.2 Å². The van der Waals surface area contributed by atoms with Crippen molar-refractivity contribution in [1.82, 2.24) is 0 Å². The number of aliphatic hydroxyl groups excluding tert-OH is 2. The quantitative estimate of drug-likeness (QED) is 0.654. The SMILES string of the molecule is NC(=O)CCC=C1C[C@H]2C[C@@H](O)[C@H](C=C[C@@H](O)C3CCCC3)[C@H]2C1. The zero-order valence-corrected chi connectivity index (χ0v) is 14.4. The van der Waals surface area contributed by atoms with Crippen molar-refractivity contribution < 1.29 is 15.0 Å². The summed E-state index contributed by atoms with van der Waals surface area (Å²) in [5.41, 5.74) is 6.60. The summed E-state index contributed by atoms with van der Waals surface area (Å²) in [5, 5.41) is 20.7. The zero-order valence-electron chi connectivity index (χ0n) is 14.4. The van der Waals surface area contributed by atoms with Crippen LogP contribution in [-0.4, -0.2) is 28.3 Å². The van der Waals surface area contributed by atoms with E-state index in [1.165, 1.54) is 18.4 Å². The Balaban J connectivity index is 1.57. The van der Waals surface area contributed by atoms with Crippen LogP contribution in [0.5, 0.6) is 0 Å². The van der Waals surface area contributed by atoms with Crippen LogP contribution in [0.25, 0.3) is 0 Å². The maximum absolute atomic E-state index is 10.8. The number of primary amides is 1. The van der Waals surface area contributed by atoms with E-state index in [1.54, 1.807) is 0 Å². The molecule has 0 aromatic carbocycles. The molecule has 0 bridgehead atoms. The Hall–Kier alpha value is -1.13. The van der Waals surface area contributed by atoms with Crippen LogP contribution < -0.4 is 5.73 Å². The summed E-state index contributed by atoms with van der Waals surface area (Å²) < 4.78 is 0. The minimum Gasteiger partial charge on any atom is -0.392 e. The largest absolute Gasteiger partial charge is 0.392 e. The van der Waals surface area contributed by atoms with E-state index in [-0.39, 0.29) is 24.0 Å². The van der Waals surface area contributed by atoms with Gasteiger partial charge in [-0.05, 0) is 56.3 Å². The lowest BCUT2D eigenvalue weighted by Gasteiger charge is -2.19. The van der Waals surface area contributed by atoms with Crippen molar-refractivity contribution in [3.8, 4) is 0 Å². The highest BCUT2D eigenvalue weighted by molar-refractivity contribution is 5.73. The maximum Gasteiger partial charge on any atom is 0.217 e. The number of allylic oxidation sites excluding steroid dienone is 2. The smallest absolute Gasteiger partial charge is 0.217 e. The minimum atomic E-state index is -0.356. The maximum atomic E-state index is 10.8. The molecular formula is C20H31NO3. The van der Waals surface area contributed by atoms with Crippen molar-refractivity contribution in [3.05, 3.63) is 23.8 Å². The predicted molar refractivity (Wildman–Crippen MR) is 93.9 cm³/mol. The monoisotopic (exact) mass is 333 g/mol. The van der Waals surface area contributed by atoms with Crippen molar-refractivity contribution >= 4 is 5.91 Å². The van der Waals surface area contributed by atoms with Gasteiger partial charge in [-0.1, -0.05) is 36.6 Å². The highest BCUT2D eigenvalue weighted by Gasteiger charge is 2.45. The van der Waals surface area contributed by atoms with Gasteiger partial charge in [-0.15, -0.1) is 0 Å². The molecule has 3 aliphatic carbocycles. The topological polar surface area (TPSA) is 83.6 Å². The highest BCUT2D eigenvalue weighted by Crippen LogP contribution is 2.50. The Morgan fingerprint density at radius 3 is 2.75 bits per heavy atom. The third kappa shape index (κ3) is 4.09. The van der Waals surface area contributed by atoms with Gasteiger partial charge >= 0.3 is 0 Å². The molecule has 0 spiro atoms. The van der Waals surface area contributed by atoms with Crippen LogP contribution in [0.1, 0.15) is 57.8 Å². The predicted octanol–water partition coefficient (Wildman–Crippen LogP) is 2.69. The summed E-state index contributed by atoms with van der Waals surface area (Å²) >= 11 is 0. The molecule has 24 heavy (non-hydrogen) atoms. The van der Waals surface area contributed by atoms with Gasteiger partial charge in [0.1, 0.15) is 0 Å². The van der Waals surface area contributed by atoms with E-state index in [1.807, 2.05) is 6.08 Å². The van der Waals surface area contributed by atoms with Gasteiger partial charge in [0, 0.05) is 12.3 Å². The zero-order chi connectivity index (χ0) is 17.1. The minimum absolute atomic E-state index is 0.160. The van der Waals surface area contributed by atoms with E-state index in [4.69, 9.17) is 5.73 Å². The Labute approximate surface area is 144 Å². The second-order valence-electron chi connectivity index (χ2n) is 8.00. The first-order valence-corrected chi connectivity index (χ1v) is 9.55. The molecule has 3 fully saturated rings. The molecule has 0 saturated heterocycles. The van der Waals surface area contributed by atoms with Gasteiger partial charge in [-0.25, -0.2) is 0 Å². The lowest BCUT2D eigenvalue weighted by Crippen LogP contribution is -2.19. The van der Waals surface area contributed by atoms with Gasteiger partial charge < -0.3 is 15.9 Å². The van der Waals surface area contributed by atoms with Crippen LogP contribution in [0.15, 0.2) is 23.8 Å². The van der Waals surface area contributed by atoms with Crippen LogP contribution in [0.2, 0.25) is 0 Å². The summed E-state index contributed by atoms with van der Waals surface area (Å²) in [6.07, 6.45) is 14.3. The number of aliphatic hydroxyl groups is 2. The van der Waals surface area contributed by atoms with Crippen LogP contribution in [0.3, 0.4) is 0 Å². The molecule has 0 aromatic rings. The van der Waals surface area contributed by atoms with Crippen molar-refractivity contribution in [3.63, 3.8) is 0 Å². The van der Waals surface area contributed by atoms with Gasteiger partial charge in [0.15, 0.2) is 0 Å². The normalized spacial score (nSPS) is 36.7. The van der Waals surface area contributed by atoms with Crippen LogP contribution in [0.4, 0.5) is 0 Å². The lowest BCUT2D eigenvalue weighted by molar-refractivity contribution is -0.117. The first-order valence-electron chi connectivity index (χ1n) is 9.55. The van der Waals surface area contributed by atoms with Crippen LogP contribution in [-0.2, 0) is 4.79 Å². The Kier molecular flexibility index (Phi) is 5.77. The second-order valence-corrected chi connectivity index (χ2v) is 8.00. The van der Waals surface area contributed by atoms with E-state index in [0.717, 1.165) is 38.5 Å². The van der Waals surface area contributed by atoms with Crippen LogP contribution >= 0.6 is 0 Å². The number of nitrogens with two attached hydrogens (primary N) is 1. The first kappa shape index (κ1) is 17.7. The molecule has 0 aromatic heterocycles. The molecular weight excluding hydrogens is 302 g/mol. The van der Waals surface area contributed by atoms with E-state index in [9.17, 15) is 15.0 Å². The highest BCUT2D eigenvalue weighted by atomic mass is 16.3. The number of fused-ring (bicyclic) bond motifs is 1. The molecule has 4 nitrogen and oxygen atoms in total. The molecule has 3 rings (SSSR count). The lowest BCUT2D eigenvalue weighted by atomic mass is 9.89. The van der Waals surface area contributed by atoms with Gasteiger partial charge in [0.2, 0.25) is 5.91 Å². The number of hydrogen-bond donors (Lipinski definition) is 3. The number of amides is 1. The molecule has 1 amide bonds. The van der Waals surface area contributed by atoms with Gasteiger partial charge in [0.25, 0.3) is 0 Å². The second kappa shape index (κ2) is 7.83.